The fraction of sp³-hybridized carbons (Fsp3) is 0.500. The van der Waals surface area contributed by atoms with Crippen molar-refractivity contribution in [3.63, 3.8) is 0 Å². The molecule has 21 heavy (non-hydrogen) atoms. The molecule has 118 valence electrons. The molecule has 0 aliphatic carbocycles. The molecule has 0 radical (unpaired) electrons. The van der Waals surface area contributed by atoms with Gasteiger partial charge in [0.25, 0.3) is 0 Å². The minimum Gasteiger partial charge on any atom is -0.490 e. The van der Waals surface area contributed by atoms with E-state index in [1.54, 1.807) is 0 Å². The molecule has 0 saturated heterocycles. The summed E-state index contributed by atoms with van der Waals surface area (Å²) in [4.78, 5) is 0. The number of amidine groups is 1. The fourth-order valence-electron chi connectivity index (χ4n) is 1.99. The molecule has 1 rings (SSSR count). The molecule has 4 nitrogen and oxygen atoms in total. The Morgan fingerprint density at radius 1 is 1.33 bits per heavy atom. The van der Waals surface area contributed by atoms with Crippen LogP contribution in [0.2, 0.25) is 0 Å². The highest BCUT2D eigenvalue weighted by atomic mass is 19.4. The van der Waals surface area contributed by atoms with Crippen LogP contribution in [0.15, 0.2) is 23.4 Å². The Morgan fingerprint density at radius 3 is 2.43 bits per heavy atom. The molecule has 1 aromatic rings. The number of nitrogens with zero attached hydrogens (tertiary/aromatic N) is 1. The average molecular weight is 304 g/mol. The van der Waals surface area contributed by atoms with Crippen molar-refractivity contribution in [3.8, 4) is 5.75 Å². The van der Waals surface area contributed by atoms with E-state index in [-0.39, 0.29) is 17.4 Å². The van der Waals surface area contributed by atoms with Gasteiger partial charge in [-0.1, -0.05) is 19.0 Å². The molecule has 0 aliphatic heterocycles. The molecular weight excluding hydrogens is 285 g/mol. The summed E-state index contributed by atoms with van der Waals surface area (Å²) in [5.41, 5.74) is 4.47. The zero-order valence-electron chi connectivity index (χ0n) is 12.1. The number of ether oxygens (including phenoxy) is 1. The van der Waals surface area contributed by atoms with E-state index in [1.807, 2.05) is 20.8 Å². The van der Waals surface area contributed by atoms with Gasteiger partial charge in [-0.3, -0.25) is 0 Å². The minimum atomic E-state index is -4.51. The highest BCUT2D eigenvalue weighted by molar-refractivity contribution is 5.99. The molecule has 1 unspecified atom stereocenters. The lowest BCUT2D eigenvalue weighted by Crippen LogP contribution is -2.20. The maximum Gasteiger partial charge on any atom is 0.416 e. The topological polar surface area (TPSA) is 67.8 Å². The summed E-state index contributed by atoms with van der Waals surface area (Å²) in [6.07, 6.45) is -3.98. The monoisotopic (exact) mass is 304 g/mol. The molecule has 1 atom stereocenters. The predicted molar refractivity (Wildman–Crippen MR) is 73.5 cm³/mol. The van der Waals surface area contributed by atoms with Crippen LogP contribution in [0.1, 0.15) is 38.3 Å². The Bertz CT molecular complexity index is 513. The SMILES string of the molecule is CC(C)CC(C)Oc1ccc(C(F)(F)F)cc1/C(N)=N/O. The lowest BCUT2D eigenvalue weighted by Gasteiger charge is -2.19. The number of benzene rings is 1. The van der Waals surface area contributed by atoms with Gasteiger partial charge >= 0.3 is 6.18 Å². The largest absolute Gasteiger partial charge is 0.490 e. The summed E-state index contributed by atoms with van der Waals surface area (Å²) in [5, 5.41) is 11.5. The van der Waals surface area contributed by atoms with Gasteiger partial charge in [-0.05, 0) is 37.5 Å². The molecule has 0 saturated carbocycles. The van der Waals surface area contributed by atoms with Gasteiger partial charge in [0.15, 0.2) is 5.84 Å². The van der Waals surface area contributed by atoms with Crippen LogP contribution in [0.25, 0.3) is 0 Å². The van der Waals surface area contributed by atoms with Crippen molar-refractivity contribution in [2.24, 2.45) is 16.8 Å². The Kier molecular flexibility index (Phi) is 5.46. The number of hydrogen-bond donors (Lipinski definition) is 2. The molecule has 0 spiro atoms. The second-order valence-electron chi connectivity index (χ2n) is 5.25. The van der Waals surface area contributed by atoms with E-state index in [1.165, 1.54) is 6.07 Å². The molecule has 0 aromatic heterocycles. The minimum absolute atomic E-state index is 0.0806. The van der Waals surface area contributed by atoms with Gasteiger partial charge in [-0.2, -0.15) is 13.2 Å². The van der Waals surface area contributed by atoms with Crippen LogP contribution in [0.5, 0.6) is 5.75 Å². The summed E-state index contributed by atoms with van der Waals surface area (Å²) < 4.78 is 43.8. The second-order valence-corrected chi connectivity index (χ2v) is 5.25. The zero-order chi connectivity index (χ0) is 16.2. The van der Waals surface area contributed by atoms with Crippen molar-refractivity contribution in [2.75, 3.05) is 0 Å². The second kappa shape index (κ2) is 6.69. The first-order chi connectivity index (χ1) is 9.65. The summed E-state index contributed by atoms with van der Waals surface area (Å²) in [6, 6.07) is 2.91. The van der Waals surface area contributed by atoms with Crippen LogP contribution in [-0.2, 0) is 6.18 Å². The van der Waals surface area contributed by atoms with Crippen LogP contribution >= 0.6 is 0 Å². The average Bonchev–Trinajstić information content (AvgIpc) is 2.35. The van der Waals surface area contributed by atoms with Crippen molar-refractivity contribution in [1.29, 1.82) is 0 Å². The predicted octanol–water partition coefficient (Wildman–Crippen LogP) is 3.61. The standard InChI is InChI=1S/C14H19F3N2O2/c1-8(2)6-9(3)21-12-5-4-10(14(15,16)17)7-11(12)13(18)19-20/h4-5,7-9,20H,6H2,1-3H3,(H2,18,19). The first-order valence-electron chi connectivity index (χ1n) is 6.51. The third-order valence-electron chi connectivity index (χ3n) is 2.82. The smallest absolute Gasteiger partial charge is 0.416 e. The van der Waals surface area contributed by atoms with Crippen LogP contribution in [0, 0.1) is 5.92 Å². The van der Waals surface area contributed by atoms with E-state index in [4.69, 9.17) is 15.7 Å². The number of nitrogens with two attached hydrogens (primary N) is 1. The third kappa shape index (κ3) is 4.84. The summed E-state index contributed by atoms with van der Waals surface area (Å²) in [6.45, 7) is 5.84. The van der Waals surface area contributed by atoms with Gasteiger partial charge < -0.3 is 15.7 Å². The quantitative estimate of drug-likeness (QED) is 0.378. The van der Waals surface area contributed by atoms with E-state index in [2.05, 4.69) is 5.16 Å². The van der Waals surface area contributed by atoms with Gasteiger partial charge in [0.1, 0.15) is 5.75 Å². The lowest BCUT2D eigenvalue weighted by atomic mass is 10.1. The van der Waals surface area contributed by atoms with Crippen LogP contribution < -0.4 is 10.5 Å². The summed E-state index contributed by atoms with van der Waals surface area (Å²) in [5.74, 6) is 0.112. The molecule has 0 fully saturated rings. The van der Waals surface area contributed by atoms with E-state index in [9.17, 15) is 13.2 Å². The highest BCUT2D eigenvalue weighted by Gasteiger charge is 2.31. The van der Waals surface area contributed by atoms with Crippen molar-refractivity contribution in [2.45, 2.75) is 39.5 Å². The first kappa shape index (κ1) is 17.1. The number of alkyl halides is 3. The maximum absolute atomic E-state index is 12.7. The molecule has 0 bridgehead atoms. The molecule has 0 aliphatic rings. The Hall–Kier alpha value is -1.92. The summed E-state index contributed by atoms with van der Waals surface area (Å²) in [7, 11) is 0. The van der Waals surface area contributed by atoms with Crippen molar-refractivity contribution in [1.82, 2.24) is 0 Å². The lowest BCUT2D eigenvalue weighted by molar-refractivity contribution is -0.137. The molecule has 0 amide bonds. The molecule has 0 heterocycles. The Morgan fingerprint density at radius 2 is 1.95 bits per heavy atom. The van der Waals surface area contributed by atoms with E-state index in [0.717, 1.165) is 18.6 Å². The van der Waals surface area contributed by atoms with Gasteiger partial charge in [0.2, 0.25) is 0 Å². The van der Waals surface area contributed by atoms with Crippen LogP contribution in [0.4, 0.5) is 13.2 Å². The van der Waals surface area contributed by atoms with E-state index >= 15 is 0 Å². The number of halogens is 3. The normalized spacial score (nSPS) is 14.3. The number of rotatable bonds is 5. The third-order valence-corrected chi connectivity index (χ3v) is 2.82. The molecule has 3 N–H and O–H groups in total. The molecular formula is C14H19F3N2O2. The van der Waals surface area contributed by atoms with Crippen molar-refractivity contribution in [3.05, 3.63) is 29.3 Å². The Labute approximate surface area is 121 Å². The van der Waals surface area contributed by atoms with E-state index in [0.29, 0.717) is 5.92 Å². The van der Waals surface area contributed by atoms with Crippen LogP contribution in [0.3, 0.4) is 0 Å². The van der Waals surface area contributed by atoms with Gasteiger partial charge in [0.05, 0.1) is 17.2 Å². The molecule has 1 aromatic carbocycles. The van der Waals surface area contributed by atoms with Crippen molar-refractivity contribution < 1.29 is 23.1 Å². The highest BCUT2D eigenvalue weighted by Crippen LogP contribution is 2.33. The summed E-state index contributed by atoms with van der Waals surface area (Å²) >= 11 is 0. The van der Waals surface area contributed by atoms with Crippen LogP contribution in [-0.4, -0.2) is 17.1 Å². The number of hydrogen-bond acceptors (Lipinski definition) is 3. The first-order valence-corrected chi connectivity index (χ1v) is 6.51. The van der Waals surface area contributed by atoms with Crippen molar-refractivity contribution >= 4 is 5.84 Å². The van der Waals surface area contributed by atoms with E-state index < -0.39 is 17.6 Å². The fourth-order valence-corrected chi connectivity index (χ4v) is 1.99. The van der Waals surface area contributed by atoms with Gasteiger partial charge in [0, 0.05) is 0 Å². The zero-order valence-corrected chi connectivity index (χ0v) is 12.1. The van der Waals surface area contributed by atoms with Gasteiger partial charge in [-0.25, -0.2) is 0 Å². The maximum atomic E-state index is 12.7. The van der Waals surface area contributed by atoms with Gasteiger partial charge in [-0.15, -0.1) is 0 Å². The molecule has 7 heteroatoms. The Balaban J connectivity index is 3.14. The number of oxime groups is 1.